The fourth-order valence-corrected chi connectivity index (χ4v) is 2.26. The third-order valence-corrected chi connectivity index (χ3v) is 3.36. The molecule has 0 saturated carbocycles. The third kappa shape index (κ3) is 2.58. The molecule has 1 atom stereocenters. The van der Waals surface area contributed by atoms with Crippen LogP contribution in [0.2, 0.25) is 0 Å². The highest BCUT2D eigenvalue weighted by Gasteiger charge is 2.23. The number of hydrogen-bond acceptors (Lipinski definition) is 4. The number of carbonyl (C=O) groups excluding carboxylic acids is 1. The highest BCUT2D eigenvalue weighted by Crippen LogP contribution is 2.24. The van der Waals surface area contributed by atoms with Crippen molar-refractivity contribution in [2.45, 2.75) is 6.42 Å². The van der Waals surface area contributed by atoms with Gasteiger partial charge in [-0.15, -0.1) is 0 Å². The van der Waals surface area contributed by atoms with Crippen LogP contribution in [0.4, 0.5) is 0 Å². The lowest BCUT2D eigenvalue weighted by molar-refractivity contribution is -0.124. The van der Waals surface area contributed by atoms with Gasteiger partial charge in [-0.2, -0.15) is 0 Å². The number of hydrogen-bond donors (Lipinski definition) is 0. The van der Waals surface area contributed by atoms with Crippen LogP contribution in [0.3, 0.4) is 0 Å². The third-order valence-electron chi connectivity index (χ3n) is 3.36. The first kappa shape index (κ1) is 12.1. The van der Waals surface area contributed by atoms with E-state index in [0.717, 1.165) is 17.3 Å². The van der Waals surface area contributed by atoms with Crippen molar-refractivity contribution in [3.63, 3.8) is 0 Å². The van der Waals surface area contributed by atoms with Gasteiger partial charge in [0.1, 0.15) is 12.4 Å². The van der Waals surface area contributed by atoms with E-state index in [1.165, 1.54) is 0 Å². The second-order valence-electron chi connectivity index (χ2n) is 4.64. The summed E-state index contributed by atoms with van der Waals surface area (Å²) < 4.78 is 10.9. The monoisotopic (exact) mass is 257 g/mol. The van der Waals surface area contributed by atoms with Crippen molar-refractivity contribution in [2.24, 2.45) is 5.92 Å². The van der Waals surface area contributed by atoms with Crippen LogP contribution in [0, 0.1) is 5.92 Å². The van der Waals surface area contributed by atoms with E-state index in [2.05, 4.69) is 4.98 Å². The Labute approximate surface area is 111 Å². The molecular formula is C15H15NO3. The highest BCUT2D eigenvalue weighted by atomic mass is 16.5. The van der Waals surface area contributed by atoms with E-state index in [4.69, 9.17) is 9.47 Å². The van der Waals surface area contributed by atoms with Crippen molar-refractivity contribution >= 4 is 16.7 Å². The van der Waals surface area contributed by atoms with E-state index < -0.39 is 0 Å². The molecule has 1 aliphatic rings. The molecule has 0 amide bonds. The van der Waals surface area contributed by atoms with Gasteiger partial charge in [-0.25, -0.2) is 0 Å². The van der Waals surface area contributed by atoms with Gasteiger partial charge in [-0.05, 0) is 30.7 Å². The molecule has 0 radical (unpaired) electrons. The molecule has 1 unspecified atom stereocenters. The lowest BCUT2D eigenvalue weighted by atomic mass is 10.0. The molecule has 2 aromatic rings. The smallest absolute Gasteiger partial charge is 0.175 e. The number of ketones is 1. The Morgan fingerprint density at radius 3 is 3.16 bits per heavy atom. The summed E-state index contributed by atoms with van der Waals surface area (Å²) in [6.45, 7) is 1.30. The van der Waals surface area contributed by atoms with Gasteiger partial charge in [0.25, 0.3) is 0 Å². The fourth-order valence-electron chi connectivity index (χ4n) is 2.26. The molecule has 0 N–H and O–H groups in total. The zero-order valence-corrected chi connectivity index (χ0v) is 10.5. The van der Waals surface area contributed by atoms with Crippen molar-refractivity contribution in [3.8, 4) is 5.75 Å². The van der Waals surface area contributed by atoms with Crippen LogP contribution in [0.25, 0.3) is 10.9 Å². The second kappa shape index (κ2) is 5.36. The lowest BCUT2D eigenvalue weighted by Gasteiger charge is -2.10. The van der Waals surface area contributed by atoms with Crippen LogP contribution in [-0.4, -0.2) is 30.6 Å². The van der Waals surface area contributed by atoms with Crippen molar-refractivity contribution in [3.05, 3.63) is 36.5 Å². The first-order valence-corrected chi connectivity index (χ1v) is 6.41. The standard InChI is InChI=1S/C15H15NO3/c17-14(11-6-8-18-9-11)10-19-15-5-1-4-13-12(15)3-2-7-16-13/h1-5,7,11H,6,8-10H2. The van der Waals surface area contributed by atoms with E-state index in [0.29, 0.717) is 19.0 Å². The van der Waals surface area contributed by atoms with Crippen LogP contribution < -0.4 is 4.74 Å². The Kier molecular flexibility index (Phi) is 3.42. The highest BCUT2D eigenvalue weighted by molar-refractivity contribution is 5.86. The maximum absolute atomic E-state index is 11.9. The fraction of sp³-hybridized carbons (Fsp3) is 0.333. The molecule has 3 rings (SSSR count). The number of rotatable bonds is 4. The number of nitrogens with zero attached hydrogens (tertiary/aromatic N) is 1. The minimum absolute atomic E-state index is 0.00639. The van der Waals surface area contributed by atoms with Crippen LogP contribution in [0.1, 0.15) is 6.42 Å². The van der Waals surface area contributed by atoms with Gasteiger partial charge >= 0.3 is 0 Å². The summed E-state index contributed by atoms with van der Waals surface area (Å²) in [7, 11) is 0. The topological polar surface area (TPSA) is 48.4 Å². The number of benzene rings is 1. The molecule has 1 aromatic heterocycles. The summed E-state index contributed by atoms with van der Waals surface area (Å²) in [4.78, 5) is 16.2. The predicted octanol–water partition coefficient (Wildman–Crippen LogP) is 2.22. The second-order valence-corrected chi connectivity index (χ2v) is 4.64. The predicted molar refractivity (Wildman–Crippen MR) is 71.2 cm³/mol. The van der Waals surface area contributed by atoms with Crippen molar-refractivity contribution < 1.29 is 14.3 Å². The lowest BCUT2D eigenvalue weighted by Crippen LogP contribution is -2.21. The zero-order chi connectivity index (χ0) is 13.1. The van der Waals surface area contributed by atoms with Gasteiger partial charge in [0, 0.05) is 24.1 Å². The average molecular weight is 257 g/mol. The first-order chi connectivity index (χ1) is 9.34. The molecule has 4 heteroatoms. The molecule has 0 spiro atoms. The minimum Gasteiger partial charge on any atom is -0.485 e. The number of Topliss-reactive ketones (excluding diaryl/α,β-unsaturated/α-hetero) is 1. The quantitative estimate of drug-likeness (QED) is 0.842. The first-order valence-electron chi connectivity index (χ1n) is 6.41. The Hall–Kier alpha value is -1.94. The zero-order valence-electron chi connectivity index (χ0n) is 10.5. The molecule has 1 fully saturated rings. The van der Waals surface area contributed by atoms with Gasteiger partial charge in [0.05, 0.1) is 12.1 Å². The SMILES string of the molecule is O=C(COc1cccc2ncccc12)C1CCOC1. The number of aromatic nitrogens is 1. The molecule has 1 saturated heterocycles. The maximum atomic E-state index is 11.9. The molecule has 0 bridgehead atoms. The van der Waals surface area contributed by atoms with Crippen molar-refractivity contribution in [2.75, 3.05) is 19.8 Å². The average Bonchev–Trinajstić information content (AvgIpc) is 2.99. The summed E-state index contributed by atoms with van der Waals surface area (Å²) in [5.41, 5.74) is 0.872. The molecule has 4 nitrogen and oxygen atoms in total. The van der Waals surface area contributed by atoms with Gasteiger partial charge in [-0.1, -0.05) is 6.07 Å². The molecule has 19 heavy (non-hydrogen) atoms. The van der Waals surface area contributed by atoms with E-state index in [1.54, 1.807) is 6.20 Å². The number of carbonyl (C=O) groups is 1. The van der Waals surface area contributed by atoms with Crippen LogP contribution in [0.5, 0.6) is 5.75 Å². The van der Waals surface area contributed by atoms with Crippen molar-refractivity contribution in [1.29, 1.82) is 0 Å². The van der Waals surface area contributed by atoms with Crippen LogP contribution >= 0.6 is 0 Å². The summed E-state index contributed by atoms with van der Waals surface area (Å²) >= 11 is 0. The normalized spacial score (nSPS) is 18.6. The Balaban J connectivity index is 1.73. The van der Waals surface area contributed by atoms with E-state index >= 15 is 0 Å². The van der Waals surface area contributed by atoms with E-state index in [9.17, 15) is 4.79 Å². The van der Waals surface area contributed by atoms with Gasteiger partial charge in [0.15, 0.2) is 5.78 Å². The molecule has 2 heterocycles. The number of ether oxygens (including phenoxy) is 2. The molecular weight excluding hydrogens is 242 g/mol. The van der Waals surface area contributed by atoms with E-state index in [-0.39, 0.29) is 18.3 Å². The number of pyridine rings is 1. The summed E-state index contributed by atoms with van der Waals surface area (Å²) in [6, 6.07) is 9.48. The maximum Gasteiger partial charge on any atom is 0.175 e. The summed E-state index contributed by atoms with van der Waals surface area (Å²) in [5.74, 6) is 0.810. The molecule has 1 aromatic carbocycles. The number of fused-ring (bicyclic) bond motifs is 1. The largest absolute Gasteiger partial charge is 0.485 e. The van der Waals surface area contributed by atoms with Crippen LogP contribution in [-0.2, 0) is 9.53 Å². The molecule has 98 valence electrons. The van der Waals surface area contributed by atoms with E-state index in [1.807, 2.05) is 30.3 Å². The van der Waals surface area contributed by atoms with Crippen molar-refractivity contribution in [1.82, 2.24) is 4.98 Å². The van der Waals surface area contributed by atoms with Crippen LogP contribution in [0.15, 0.2) is 36.5 Å². The summed E-state index contributed by atoms with van der Waals surface area (Å²) in [6.07, 6.45) is 2.55. The van der Waals surface area contributed by atoms with Gasteiger partial charge in [0.2, 0.25) is 0 Å². The Morgan fingerprint density at radius 1 is 1.37 bits per heavy atom. The molecule has 0 aliphatic carbocycles. The summed E-state index contributed by atoms with van der Waals surface area (Å²) in [5, 5.41) is 0.931. The molecule has 1 aliphatic heterocycles. The Morgan fingerprint density at radius 2 is 2.32 bits per heavy atom. The van der Waals surface area contributed by atoms with Gasteiger partial charge < -0.3 is 9.47 Å². The minimum atomic E-state index is -0.00639. The Bertz CT molecular complexity index is 585. The van der Waals surface area contributed by atoms with Gasteiger partial charge in [-0.3, -0.25) is 9.78 Å².